The van der Waals surface area contributed by atoms with Gasteiger partial charge in [0.15, 0.2) is 0 Å². The third-order valence-corrected chi connectivity index (χ3v) is 7.72. The van der Waals surface area contributed by atoms with Crippen molar-refractivity contribution in [2.45, 2.75) is 70.2 Å². The van der Waals surface area contributed by atoms with E-state index in [2.05, 4.69) is 22.1 Å². The molecule has 226 valence electrons. The molecule has 2 aliphatic rings. The van der Waals surface area contributed by atoms with Crippen LogP contribution in [0.1, 0.15) is 45.6 Å². The number of carbonyl (C=O) groups excluding carboxylic acids is 2. The van der Waals surface area contributed by atoms with E-state index in [1.807, 2.05) is 24.3 Å². The van der Waals surface area contributed by atoms with E-state index < -0.39 is 11.2 Å². The van der Waals surface area contributed by atoms with Gasteiger partial charge in [0.25, 0.3) is 0 Å². The molecule has 4 rings (SSSR count). The molecule has 2 heterocycles. The molecule has 12 nitrogen and oxygen atoms in total. The van der Waals surface area contributed by atoms with Crippen LogP contribution in [0.4, 0.5) is 10.6 Å². The van der Waals surface area contributed by atoms with Gasteiger partial charge in [0.1, 0.15) is 5.82 Å². The minimum absolute atomic E-state index is 0. The predicted molar refractivity (Wildman–Crippen MR) is 162 cm³/mol. The van der Waals surface area contributed by atoms with Gasteiger partial charge in [-0.1, -0.05) is 19.1 Å². The van der Waals surface area contributed by atoms with E-state index in [1.165, 1.54) is 4.57 Å². The zero-order chi connectivity index (χ0) is 29.0. The molecule has 3 amide bonds. The van der Waals surface area contributed by atoms with Crippen LogP contribution in [0.15, 0.2) is 41.3 Å². The van der Waals surface area contributed by atoms with Crippen LogP contribution < -0.4 is 28.2 Å². The Hall–Kier alpha value is -3.03. The first-order valence-corrected chi connectivity index (χ1v) is 14.0. The average Bonchev–Trinajstić information content (AvgIpc) is 2.91. The largest absolute Gasteiger partial charge is 0.354 e. The summed E-state index contributed by atoms with van der Waals surface area (Å²) in [6.07, 6.45) is 4.38. The molecule has 1 aliphatic carbocycles. The number of rotatable bonds is 7. The maximum atomic E-state index is 12.8. The smallest absolute Gasteiger partial charge is 0.338 e. The van der Waals surface area contributed by atoms with E-state index >= 15 is 0 Å². The van der Waals surface area contributed by atoms with Gasteiger partial charge in [-0.05, 0) is 63.4 Å². The fraction of sp³-hybridized carbons (Fsp3) is 0.571. The quantitative estimate of drug-likeness (QED) is 0.372. The lowest BCUT2D eigenvalue weighted by molar-refractivity contribution is -0.137. The highest BCUT2D eigenvalue weighted by atomic mass is 35.5. The van der Waals surface area contributed by atoms with Crippen molar-refractivity contribution in [1.29, 1.82) is 0 Å². The molecule has 1 saturated carbocycles. The number of anilines is 1. The van der Waals surface area contributed by atoms with Crippen molar-refractivity contribution in [3.05, 3.63) is 52.6 Å². The minimum Gasteiger partial charge on any atom is -0.338 e. The first-order chi connectivity index (χ1) is 18.9. The number of nitrogens with two attached hydrogens (primary N) is 3. The second kappa shape index (κ2) is 13.8. The summed E-state index contributed by atoms with van der Waals surface area (Å²) in [5.41, 5.74) is 18.7. The lowest BCUT2D eigenvalue weighted by Crippen LogP contribution is -2.58. The van der Waals surface area contributed by atoms with Gasteiger partial charge < -0.3 is 27.0 Å². The molecule has 2 aromatic rings. The molecule has 0 spiro atoms. The molecular weight excluding hydrogens is 546 g/mol. The van der Waals surface area contributed by atoms with Crippen molar-refractivity contribution < 1.29 is 9.59 Å². The number of hydrogen-bond donors (Lipinski definition) is 4. The highest BCUT2D eigenvalue weighted by Gasteiger charge is 2.31. The van der Waals surface area contributed by atoms with Crippen LogP contribution in [0.3, 0.4) is 0 Å². The number of hydrogen-bond acceptors (Lipinski definition) is 8. The van der Waals surface area contributed by atoms with Crippen LogP contribution in [-0.4, -0.2) is 92.6 Å². The SMILES string of the molecule is CCN(Cc1ccc(-n2ccc(NC(=O)N3CCN(C(=O)C(C)(C)N)CC3)nc2=O)cc1)C1CC(N)CC(N)C1.Cl. The Balaban J connectivity index is 0.00000462. The number of urea groups is 1. The molecule has 1 aromatic carbocycles. The van der Waals surface area contributed by atoms with Crippen LogP contribution in [0.5, 0.6) is 0 Å². The molecular formula is C28H44ClN9O3. The lowest BCUT2D eigenvalue weighted by Gasteiger charge is -2.38. The number of aromatic nitrogens is 2. The molecule has 2 unspecified atom stereocenters. The fourth-order valence-electron chi connectivity index (χ4n) is 5.55. The molecule has 0 bridgehead atoms. The van der Waals surface area contributed by atoms with Gasteiger partial charge in [0, 0.05) is 57.0 Å². The highest BCUT2D eigenvalue weighted by molar-refractivity contribution is 5.89. The highest BCUT2D eigenvalue weighted by Crippen LogP contribution is 2.23. The summed E-state index contributed by atoms with van der Waals surface area (Å²) in [4.78, 5) is 47.6. The van der Waals surface area contributed by atoms with Crippen LogP contribution in [0, 0.1) is 0 Å². The topological polar surface area (TPSA) is 169 Å². The zero-order valence-electron chi connectivity index (χ0n) is 24.2. The Morgan fingerprint density at radius 2 is 1.59 bits per heavy atom. The van der Waals surface area contributed by atoms with Crippen molar-refractivity contribution in [2.24, 2.45) is 17.2 Å². The third kappa shape index (κ3) is 8.26. The number of carbonyl (C=O) groups is 2. The van der Waals surface area contributed by atoms with Crippen molar-refractivity contribution >= 4 is 30.2 Å². The molecule has 1 aromatic heterocycles. The molecule has 7 N–H and O–H groups in total. The normalized spacial score (nSPS) is 21.4. The van der Waals surface area contributed by atoms with Crippen molar-refractivity contribution in [1.82, 2.24) is 24.3 Å². The van der Waals surface area contributed by atoms with Gasteiger partial charge in [0.05, 0.1) is 11.2 Å². The minimum atomic E-state index is -0.952. The lowest BCUT2D eigenvalue weighted by atomic mass is 9.87. The van der Waals surface area contributed by atoms with Gasteiger partial charge in [-0.15, -0.1) is 12.4 Å². The third-order valence-electron chi connectivity index (χ3n) is 7.72. The van der Waals surface area contributed by atoms with Crippen LogP contribution in [0.25, 0.3) is 5.69 Å². The van der Waals surface area contributed by atoms with E-state index in [4.69, 9.17) is 17.2 Å². The van der Waals surface area contributed by atoms with E-state index in [1.54, 1.807) is 35.9 Å². The van der Waals surface area contributed by atoms with Gasteiger partial charge in [-0.3, -0.25) is 19.6 Å². The Morgan fingerprint density at radius 3 is 2.12 bits per heavy atom. The second-order valence-electron chi connectivity index (χ2n) is 11.5. The Labute approximate surface area is 247 Å². The summed E-state index contributed by atoms with van der Waals surface area (Å²) in [5.74, 6) is 0.0270. The van der Waals surface area contributed by atoms with Gasteiger partial charge >= 0.3 is 11.7 Å². The molecule has 2 fully saturated rings. The first kappa shape index (κ1) is 32.5. The summed E-state index contributed by atoms with van der Waals surface area (Å²) < 4.78 is 1.44. The number of halogens is 1. The molecule has 0 radical (unpaired) electrons. The van der Waals surface area contributed by atoms with Crippen molar-refractivity contribution in [3.63, 3.8) is 0 Å². The van der Waals surface area contributed by atoms with E-state index in [0.717, 1.165) is 37.9 Å². The van der Waals surface area contributed by atoms with Crippen LogP contribution >= 0.6 is 12.4 Å². The maximum absolute atomic E-state index is 12.8. The Bertz CT molecular complexity index is 1230. The van der Waals surface area contributed by atoms with Gasteiger partial charge in [-0.25, -0.2) is 9.59 Å². The predicted octanol–water partition coefficient (Wildman–Crippen LogP) is 1.10. The first-order valence-electron chi connectivity index (χ1n) is 14.0. The van der Waals surface area contributed by atoms with E-state index in [9.17, 15) is 14.4 Å². The molecule has 1 aliphatic heterocycles. The van der Waals surface area contributed by atoms with Crippen molar-refractivity contribution in [2.75, 3.05) is 38.0 Å². The summed E-state index contributed by atoms with van der Waals surface area (Å²) in [5, 5.41) is 2.69. The zero-order valence-corrected chi connectivity index (χ0v) is 25.0. The molecule has 2 atom stereocenters. The number of benzene rings is 1. The van der Waals surface area contributed by atoms with Gasteiger partial charge in [0.2, 0.25) is 5.91 Å². The Morgan fingerprint density at radius 1 is 1.00 bits per heavy atom. The van der Waals surface area contributed by atoms with Crippen LogP contribution in [-0.2, 0) is 11.3 Å². The van der Waals surface area contributed by atoms with Crippen molar-refractivity contribution in [3.8, 4) is 5.69 Å². The molecule has 1 saturated heterocycles. The van der Waals surface area contributed by atoms with Crippen LogP contribution in [0.2, 0.25) is 0 Å². The Kier molecular flexibility index (Phi) is 10.9. The monoisotopic (exact) mass is 589 g/mol. The van der Waals surface area contributed by atoms with E-state index in [0.29, 0.717) is 37.9 Å². The summed E-state index contributed by atoms with van der Waals surface area (Å²) in [6.45, 7) is 8.71. The standard InChI is InChI=1S/C28H43N9O3.ClH/c1-4-34(23-16-20(29)15-21(30)17-23)18-19-5-7-22(8-6-19)37-10-9-24(33-27(37)40)32-26(39)36-13-11-35(12-14-36)25(38)28(2,3)31;/h5-10,20-21,23H,4,11-18,29-31H2,1-3H3,(H,32,33,39,40);1H. The van der Waals surface area contributed by atoms with Gasteiger partial charge in [-0.2, -0.15) is 4.98 Å². The second-order valence-corrected chi connectivity index (χ2v) is 11.5. The number of nitrogens with zero attached hydrogens (tertiary/aromatic N) is 5. The number of piperazine rings is 1. The maximum Gasteiger partial charge on any atom is 0.354 e. The molecule has 13 heteroatoms. The van der Waals surface area contributed by atoms with E-state index in [-0.39, 0.29) is 42.2 Å². The summed E-state index contributed by atoms with van der Waals surface area (Å²) in [6, 6.07) is 9.69. The fourth-order valence-corrected chi connectivity index (χ4v) is 5.55. The average molecular weight is 590 g/mol. The number of amides is 3. The summed E-state index contributed by atoms with van der Waals surface area (Å²) in [7, 11) is 0. The molecule has 41 heavy (non-hydrogen) atoms. The summed E-state index contributed by atoms with van der Waals surface area (Å²) >= 11 is 0. The number of nitrogens with one attached hydrogen (secondary N) is 1.